The summed E-state index contributed by atoms with van der Waals surface area (Å²) in [4.78, 5) is 0. The van der Waals surface area contributed by atoms with Crippen molar-refractivity contribution in [1.29, 1.82) is 0 Å². The Balaban J connectivity index is 2.33. The Hall–Kier alpha value is -0.120. The van der Waals surface area contributed by atoms with Gasteiger partial charge in [-0.25, -0.2) is 0 Å². The van der Waals surface area contributed by atoms with Crippen molar-refractivity contribution in [3.63, 3.8) is 0 Å². The van der Waals surface area contributed by atoms with Crippen LogP contribution in [0.4, 0.5) is 0 Å². The lowest BCUT2D eigenvalue weighted by molar-refractivity contribution is -0.0648. The van der Waals surface area contributed by atoms with E-state index in [2.05, 4.69) is 5.32 Å². The summed E-state index contributed by atoms with van der Waals surface area (Å²) in [7, 11) is 0. The highest BCUT2D eigenvalue weighted by atomic mass is 16.6. The van der Waals surface area contributed by atoms with Crippen LogP contribution in [0.2, 0.25) is 0 Å². The minimum atomic E-state index is -0.597. The summed E-state index contributed by atoms with van der Waals surface area (Å²) in [6, 6.07) is 0.0972. The smallest absolute Gasteiger partial charge is 0.171 e. The standard InChI is InChI=1S/C4H9NO2/c1-3-4(6)7-2-5-3/h3-6H,2H2,1H3. The molecule has 1 aliphatic rings. The molecule has 0 aromatic rings. The normalized spacial score (nSPS) is 42.0. The Morgan fingerprint density at radius 1 is 1.86 bits per heavy atom. The van der Waals surface area contributed by atoms with Gasteiger partial charge in [-0.3, -0.25) is 5.32 Å². The van der Waals surface area contributed by atoms with Crippen molar-refractivity contribution in [2.75, 3.05) is 6.73 Å². The van der Waals surface area contributed by atoms with Crippen LogP contribution in [0.15, 0.2) is 0 Å². The van der Waals surface area contributed by atoms with Gasteiger partial charge in [0.1, 0.15) is 6.73 Å². The van der Waals surface area contributed by atoms with Gasteiger partial charge in [-0.15, -0.1) is 0 Å². The third-order valence-electron chi connectivity index (χ3n) is 1.09. The van der Waals surface area contributed by atoms with Crippen LogP contribution in [0.3, 0.4) is 0 Å². The Morgan fingerprint density at radius 3 is 2.71 bits per heavy atom. The van der Waals surface area contributed by atoms with Crippen LogP contribution < -0.4 is 5.32 Å². The molecule has 1 aliphatic heterocycles. The second-order valence-electron chi connectivity index (χ2n) is 1.69. The molecule has 0 amide bonds. The maximum atomic E-state index is 8.71. The number of aliphatic hydroxyl groups is 1. The maximum Gasteiger partial charge on any atom is 0.171 e. The van der Waals surface area contributed by atoms with Crippen LogP contribution in [-0.2, 0) is 4.74 Å². The van der Waals surface area contributed by atoms with Gasteiger partial charge in [0.25, 0.3) is 0 Å². The predicted octanol–water partition coefficient (Wildman–Crippen LogP) is -0.729. The Bertz CT molecular complexity index is 58.7. The van der Waals surface area contributed by atoms with Crippen LogP contribution in [-0.4, -0.2) is 24.2 Å². The van der Waals surface area contributed by atoms with E-state index in [1.54, 1.807) is 0 Å². The van der Waals surface area contributed by atoms with E-state index < -0.39 is 6.29 Å². The first-order valence-corrected chi connectivity index (χ1v) is 2.34. The van der Waals surface area contributed by atoms with Crippen molar-refractivity contribution < 1.29 is 9.84 Å². The molecule has 0 aromatic carbocycles. The molecule has 42 valence electrons. The Morgan fingerprint density at radius 2 is 2.57 bits per heavy atom. The summed E-state index contributed by atoms with van der Waals surface area (Å²) in [6.07, 6.45) is -0.597. The van der Waals surface area contributed by atoms with Gasteiger partial charge in [0.15, 0.2) is 6.29 Å². The molecule has 7 heavy (non-hydrogen) atoms. The van der Waals surface area contributed by atoms with E-state index in [4.69, 9.17) is 9.84 Å². The molecule has 3 heteroatoms. The Kier molecular flexibility index (Phi) is 1.27. The number of nitrogens with one attached hydrogen (secondary N) is 1. The average molecular weight is 103 g/mol. The van der Waals surface area contributed by atoms with Crippen LogP contribution in [0.25, 0.3) is 0 Å². The topological polar surface area (TPSA) is 41.5 Å². The molecule has 0 bridgehead atoms. The molecule has 1 heterocycles. The molecule has 0 aliphatic carbocycles. The fourth-order valence-electron chi connectivity index (χ4n) is 0.510. The van der Waals surface area contributed by atoms with Crippen molar-refractivity contribution in [2.45, 2.75) is 19.3 Å². The highest BCUT2D eigenvalue weighted by molar-refractivity contribution is 4.65. The van der Waals surface area contributed by atoms with Crippen LogP contribution in [0.5, 0.6) is 0 Å². The van der Waals surface area contributed by atoms with E-state index in [1.165, 1.54) is 0 Å². The van der Waals surface area contributed by atoms with Gasteiger partial charge in [0, 0.05) is 0 Å². The van der Waals surface area contributed by atoms with E-state index in [-0.39, 0.29) is 6.04 Å². The number of rotatable bonds is 0. The molecule has 2 atom stereocenters. The van der Waals surface area contributed by atoms with E-state index >= 15 is 0 Å². The zero-order valence-corrected chi connectivity index (χ0v) is 4.22. The third kappa shape index (κ3) is 0.907. The molecule has 0 spiro atoms. The van der Waals surface area contributed by atoms with Gasteiger partial charge < -0.3 is 9.84 Å². The first-order valence-electron chi connectivity index (χ1n) is 2.34. The second-order valence-corrected chi connectivity index (χ2v) is 1.69. The molecular weight excluding hydrogens is 94.0 g/mol. The lowest BCUT2D eigenvalue weighted by Crippen LogP contribution is -2.26. The second kappa shape index (κ2) is 1.78. The van der Waals surface area contributed by atoms with Crippen molar-refractivity contribution in [1.82, 2.24) is 5.32 Å². The van der Waals surface area contributed by atoms with Gasteiger partial charge in [0.05, 0.1) is 6.04 Å². The largest absolute Gasteiger partial charge is 0.367 e. The molecule has 0 radical (unpaired) electrons. The van der Waals surface area contributed by atoms with E-state index in [0.717, 1.165) is 0 Å². The molecule has 3 nitrogen and oxygen atoms in total. The van der Waals surface area contributed by atoms with Crippen molar-refractivity contribution in [3.05, 3.63) is 0 Å². The van der Waals surface area contributed by atoms with Gasteiger partial charge in [-0.1, -0.05) is 0 Å². The highest BCUT2D eigenvalue weighted by Gasteiger charge is 2.19. The lowest BCUT2D eigenvalue weighted by Gasteiger charge is -2.02. The van der Waals surface area contributed by atoms with Crippen LogP contribution >= 0.6 is 0 Å². The molecule has 0 saturated carbocycles. The minimum Gasteiger partial charge on any atom is -0.367 e. The zero-order chi connectivity index (χ0) is 5.28. The maximum absolute atomic E-state index is 8.71. The summed E-state index contributed by atoms with van der Waals surface area (Å²) in [5.74, 6) is 0. The molecule has 1 rings (SSSR count). The van der Waals surface area contributed by atoms with Crippen molar-refractivity contribution in [2.24, 2.45) is 0 Å². The quantitative estimate of drug-likeness (QED) is 0.424. The first-order chi connectivity index (χ1) is 3.30. The Labute approximate surface area is 42.3 Å². The molecule has 0 aromatic heterocycles. The monoisotopic (exact) mass is 103 g/mol. The van der Waals surface area contributed by atoms with Gasteiger partial charge in [-0.2, -0.15) is 0 Å². The van der Waals surface area contributed by atoms with Gasteiger partial charge in [0.2, 0.25) is 0 Å². The molecule has 1 saturated heterocycles. The summed E-state index contributed by atoms with van der Waals surface area (Å²) >= 11 is 0. The number of aliphatic hydroxyl groups excluding tert-OH is 1. The first kappa shape index (κ1) is 5.03. The fourth-order valence-corrected chi connectivity index (χ4v) is 0.510. The highest BCUT2D eigenvalue weighted by Crippen LogP contribution is 1.99. The molecule has 2 N–H and O–H groups in total. The molecule has 1 fully saturated rings. The summed E-state index contributed by atoms with van der Waals surface area (Å²) in [5, 5.41) is 11.6. The summed E-state index contributed by atoms with van der Waals surface area (Å²) in [5.41, 5.74) is 0. The third-order valence-corrected chi connectivity index (χ3v) is 1.09. The molecule has 2 unspecified atom stereocenters. The number of hydrogen-bond donors (Lipinski definition) is 2. The minimum absolute atomic E-state index is 0.0972. The number of ether oxygens (including phenoxy) is 1. The van der Waals surface area contributed by atoms with Crippen LogP contribution in [0.1, 0.15) is 6.92 Å². The van der Waals surface area contributed by atoms with E-state index in [0.29, 0.717) is 6.73 Å². The van der Waals surface area contributed by atoms with E-state index in [9.17, 15) is 0 Å². The fraction of sp³-hybridized carbons (Fsp3) is 1.00. The lowest BCUT2D eigenvalue weighted by atomic mass is 10.4. The van der Waals surface area contributed by atoms with Gasteiger partial charge in [-0.05, 0) is 6.92 Å². The van der Waals surface area contributed by atoms with Crippen LogP contribution in [0, 0.1) is 0 Å². The van der Waals surface area contributed by atoms with Crippen molar-refractivity contribution >= 4 is 0 Å². The van der Waals surface area contributed by atoms with Gasteiger partial charge >= 0.3 is 0 Å². The predicted molar refractivity (Wildman–Crippen MR) is 24.6 cm³/mol. The zero-order valence-electron chi connectivity index (χ0n) is 4.22. The SMILES string of the molecule is CC1NCOC1O. The molecular formula is C4H9NO2. The summed E-state index contributed by atoms with van der Waals surface area (Å²) < 4.78 is 4.71. The number of hydrogen-bond acceptors (Lipinski definition) is 3. The van der Waals surface area contributed by atoms with E-state index in [1.807, 2.05) is 6.92 Å². The van der Waals surface area contributed by atoms with Crippen molar-refractivity contribution in [3.8, 4) is 0 Å². The summed E-state index contributed by atoms with van der Waals surface area (Å²) in [6.45, 7) is 2.35. The average Bonchev–Trinajstić information content (AvgIpc) is 1.91.